The molecule has 17 heavy (non-hydrogen) atoms. The molecular formula is C15H11NO. The van der Waals surface area contributed by atoms with Gasteiger partial charge >= 0.3 is 0 Å². The largest absolute Gasteiger partial charge is 0.366 e. The van der Waals surface area contributed by atoms with Crippen LogP contribution in [0.1, 0.15) is 21.5 Å². The SMILES string of the molecule is NC(=O)c1cccc(C#Cc2ccccc2)c1. The van der Waals surface area contributed by atoms with Gasteiger partial charge in [-0.05, 0) is 30.3 Å². The second-order valence-corrected chi connectivity index (χ2v) is 3.56. The minimum Gasteiger partial charge on any atom is -0.366 e. The number of hydrogen-bond donors (Lipinski definition) is 1. The first kappa shape index (κ1) is 11.0. The summed E-state index contributed by atoms with van der Waals surface area (Å²) in [5.41, 5.74) is 7.40. The van der Waals surface area contributed by atoms with E-state index in [1.165, 1.54) is 0 Å². The Hall–Kier alpha value is -2.53. The van der Waals surface area contributed by atoms with E-state index in [1.54, 1.807) is 18.2 Å². The summed E-state index contributed by atoms with van der Waals surface area (Å²) in [5.74, 6) is 5.59. The van der Waals surface area contributed by atoms with Gasteiger partial charge in [-0.25, -0.2) is 0 Å². The third kappa shape index (κ3) is 2.96. The molecule has 82 valence electrons. The van der Waals surface area contributed by atoms with Crippen LogP contribution >= 0.6 is 0 Å². The number of primary amides is 1. The third-order valence-electron chi connectivity index (χ3n) is 2.27. The predicted octanol–water partition coefficient (Wildman–Crippen LogP) is 2.19. The van der Waals surface area contributed by atoms with Gasteiger partial charge in [0.05, 0.1) is 0 Å². The van der Waals surface area contributed by atoms with E-state index in [2.05, 4.69) is 11.8 Å². The Bertz CT molecular complexity index is 591. The van der Waals surface area contributed by atoms with Crippen molar-refractivity contribution in [2.45, 2.75) is 0 Å². The summed E-state index contributed by atoms with van der Waals surface area (Å²) >= 11 is 0. The zero-order chi connectivity index (χ0) is 12.1. The molecule has 0 aromatic heterocycles. The Morgan fingerprint density at radius 2 is 1.53 bits per heavy atom. The van der Waals surface area contributed by atoms with Crippen LogP contribution in [-0.2, 0) is 0 Å². The molecule has 2 aromatic carbocycles. The van der Waals surface area contributed by atoms with Crippen LogP contribution in [0.25, 0.3) is 0 Å². The lowest BCUT2D eigenvalue weighted by Crippen LogP contribution is -2.10. The minimum absolute atomic E-state index is 0.437. The molecule has 0 saturated carbocycles. The smallest absolute Gasteiger partial charge is 0.248 e. The van der Waals surface area contributed by atoms with Gasteiger partial charge < -0.3 is 5.73 Å². The Morgan fingerprint density at radius 3 is 2.24 bits per heavy atom. The average Bonchev–Trinajstić information content (AvgIpc) is 2.38. The molecule has 0 unspecified atom stereocenters. The molecule has 2 rings (SSSR count). The van der Waals surface area contributed by atoms with Crippen LogP contribution in [0.4, 0.5) is 0 Å². The summed E-state index contributed by atoms with van der Waals surface area (Å²) in [5, 5.41) is 0. The molecule has 0 bridgehead atoms. The molecule has 0 atom stereocenters. The van der Waals surface area contributed by atoms with Gasteiger partial charge in [0.15, 0.2) is 0 Å². The number of carbonyl (C=O) groups is 1. The van der Waals surface area contributed by atoms with Crippen LogP contribution in [0.5, 0.6) is 0 Å². The van der Waals surface area contributed by atoms with Gasteiger partial charge in [-0.3, -0.25) is 4.79 Å². The van der Waals surface area contributed by atoms with Crippen molar-refractivity contribution in [2.24, 2.45) is 5.73 Å². The quantitative estimate of drug-likeness (QED) is 0.737. The van der Waals surface area contributed by atoms with Crippen molar-refractivity contribution in [1.29, 1.82) is 0 Å². The fraction of sp³-hybridized carbons (Fsp3) is 0. The maximum absolute atomic E-state index is 11.0. The summed E-state index contributed by atoms with van der Waals surface area (Å²) < 4.78 is 0. The first-order chi connectivity index (χ1) is 8.25. The van der Waals surface area contributed by atoms with Crippen molar-refractivity contribution in [3.63, 3.8) is 0 Å². The summed E-state index contributed by atoms with van der Waals surface area (Å²) in [7, 11) is 0. The maximum atomic E-state index is 11.0. The molecule has 0 radical (unpaired) electrons. The normalized spacial score (nSPS) is 9.18. The van der Waals surface area contributed by atoms with Crippen molar-refractivity contribution in [2.75, 3.05) is 0 Å². The van der Waals surface area contributed by atoms with Gasteiger partial charge in [0.1, 0.15) is 0 Å². The Morgan fingerprint density at radius 1 is 0.882 bits per heavy atom. The third-order valence-corrected chi connectivity index (χ3v) is 2.27. The molecule has 0 aliphatic carbocycles. The lowest BCUT2D eigenvalue weighted by Gasteiger charge is -1.95. The molecule has 0 aliphatic rings. The van der Waals surface area contributed by atoms with Crippen molar-refractivity contribution < 1.29 is 4.79 Å². The number of hydrogen-bond acceptors (Lipinski definition) is 1. The fourth-order valence-corrected chi connectivity index (χ4v) is 1.42. The van der Waals surface area contributed by atoms with Crippen LogP contribution in [0.15, 0.2) is 54.6 Å². The Labute approximate surface area is 100 Å². The van der Waals surface area contributed by atoms with E-state index in [1.807, 2.05) is 36.4 Å². The van der Waals surface area contributed by atoms with E-state index >= 15 is 0 Å². The van der Waals surface area contributed by atoms with Crippen LogP contribution in [0, 0.1) is 11.8 Å². The summed E-state index contributed by atoms with van der Waals surface area (Å²) in [6, 6.07) is 16.7. The molecule has 1 amide bonds. The van der Waals surface area contributed by atoms with Gasteiger partial charge in [-0.15, -0.1) is 0 Å². The highest BCUT2D eigenvalue weighted by Gasteiger charge is 1.98. The van der Waals surface area contributed by atoms with Crippen LogP contribution in [0.2, 0.25) is 0 Å². The van der Waals surface area contributed by atoms with E-state index in [-0.39, 0.29) is 0 Å². The summed E-state index contributed by atoms with van der Waals surface area (Å²) in [4.78, 5) is 11.0. The second kappa shape index (κ2) is 5.00. The van der Waals surface area contributed by atoms with E-state index in [0.29, 0.717) is 5.56 Å². The van der Waals surface area contributed by atoms with Gasteiger partial charge in [0, 0.05) is 16.7 Å². The fourth-order valence-electron chi connectivity index (χ4n) is 1.42. The molecule has 2 nitrogen and oxygen atoms in total. The number of amides is 1. The topological polar surface area (TPSA) is 43.1 Å². The molecule has 2 N–H and O–H groups in total. The highest BCUT2D eigenvalue weighted by Crippen LogP contribution is 2.04. The zero-order valence-corrected chi connectivity index (χ0v) is 9.18. The first-order valence-corrected chi connectivity index (χ1v) is 5.22. The molecule has 2 heteroatoms. The molecule has 0 aliphatic heterocycles. The van der Waals surface area contributed by atoms with Gasteiger partial charge in [0.2, 0.25) is 5.91 Å². The Kier molecular flexibility index (Phi) is 3.23. The van der Waals surface area contributed by atoms with Crippen molar-refractivity contribution in [3.05, 3.63) is 71.3 Å². The van der Waals surface area contributed by atoms with Crippen LogP contribution < -0.4 is 5.73 Å². The van der Waals surface area contributed by atoms with E-state index in [0.717, 1.165) is 11.1 Å². The van der Waals surface area contributed by atoms with Crippen LogP contribution in [0.3, 0.4) is 0 Å². The minimum atomic E-state index is -0.437. The average molecular weight is 221 g/mol. The van der Waals surface area contributed by atoms with Gasteiger partial charge in [-0.1, -0.05) is 36.1 Å². The molecule has 0 heterocycles. The van der Waals surface area contributed by atoms with Gasteiger partial charge in [-0.2, -0.15) is 0 Å². The molecular weight excluding hydrogens is 210 g/mol. The monoisotopic (exact) mass is 221 g/mol. The zero-order valence-electron chi connectivity index (χ0n) is 9.18. The maximum Gasteiger partial charge on any atom is 0.248 e. The molecule has 2 aromatic rings. The first-order valence-electron chi connectivity index (χ1n) is 5.22. The van der Waals surface area contributed by atoms with Crippen LogP contribution in [-0.4, -0.2) is 5.91 Å². The highest BCUT2D eigenvalue weighted by molar-refractivity contribution is 5.93. The summed E-state index contributed by atoms with van der Waals surface area (Å²) in [6.07, 6.45) is 0. The van der Waals surface area contributed by atoms with Crippen molar-refractivity contribution in [3.8, 4) is 11.8 Å². The van der Waals surface area contributed by atoms with E-state index in [4.69, 9.17) is 5.73 Å². The standard InChI is InChI=1S/C15H11NO/c16-15(17)14-8-4-7-13(11-14)10-9-12-5-2-1-3-6-12/h1-8,11H,(H2,16,17). The number of nitrogens with two attached hydrogens (primary N) is 1. The highest BCUT2D eigenvalue weighted by atomic mass is 16.1. The number of rotatable bonds is 1. The molecule has 0 fully saturated rings. The van der Waals surface area contributed by atoms with Crippen molar-refractivity contribution in [1.82, 2.24) is 0 Å². The van der Waals surface area contributed by atoms with E-state index in [9.17, 15) is 4.79 Å². The Balaban J connectivity index is 2.28. The van der Waals surface area contributed by atoms with E-state index < -0.39 is 5.91 Å². The molecule has 0 spiro atoms. The lowest BCUT2D eigenvalue weighted by atomic mass is 10.1. The van der Waals surface area contributed by atoms with Crippen molar-refractivity contribution >= 4 is 5.91 Å². The second-order valence-electron chi connectivity index (χ2n) is 3.56. The number of carbonyl (C=O) groups excluding carboxylic acids is 1. The lowest BCUT2D eigenvalue weighted by molar-refractivity contribution is 0.100. The van der Waals surface area contributed by atoms with Gasteiger partial charge in [0.25, 0.3) is 0 Å². The molecule has 0 saturated heterocycles. The predicted molar refractivity (Wildman–Crippen MR) is 67.4 cm³/mol. The summed E-state index contributed by atoms with van der Waals surface area (Å²) in [6.45, 7) is 0. The number of benzene rings is 2.